The number of anilines is 1. The molecule has 0 amide bonds. The van der Waals surface area contributed by atoms with Gasteiger partial charge in [0.1, 0.15) is 6.67 Å². The Hall–Kier alpha value is -2.99. The third-order valence-corrected chi connectivity index (χ3v) is 3.32. The van der Waals surface area contributed by atoms with Gasteiger partial charge in [-0.05, 0) is 37.6 Å². The Morgan fingerprint density at radius 1 is 1.36 bits per heavy atom. The fourth-order valence-corrected chi connectivity index (χ4v) is 2.23. The van der Waals surface area contributed by atoms with Gasteiger partial charge in [0.25, 0.3) is 0 Å². The summed E-state index contributed by atoms with van der Waals surface area (Å²) in [5.74, 6) is 6.90. The molecule has 0 fully saturated rings. The first-order chi connectivity index (χ1) is 12.1. The molecule has 2 rings (SSSR count). The second-order valence-corrected chi connectivity index (χ2v) is 5.40. The molecule has 0 unspecified atom stereocenters. The molecular formula is C19H22FN5. The van der Waals surface area contributed by atoms with Gasteiger partial charge >= 0.3 is 0 Å². The largest absolute Gasteiger partial charge is 0.267 e. The molecule has 0 saturated heterocycles. The summed E-state index contributed by atoms with van der Waals surface area (Å²) < 4.78 is 12.9. The Morgan fingerprint density at radius 3 is 2.80 bits per heavy atom. The summed E-state index contributed by atoms with van der Waals surface area (Å²) in [6.45, 7) is 6.75. The third-order valence-electron chi connectivity index (χ3n) is 3.32. The lowest BCUT2D eigenvalue weighted by atomic mass is 10.1. The zero-order valence-corrected chi connectivity index (χ0v) is 14.4. The summed E-state index contributed by atoms with van der Waals surface area (Å²) in [5.41, 5.74) is 5.02. The Morgan fingerprint density at radius 2 is 2.12 bits per heavy atom. The smallest absolute Gasteiger partial charge is 0.162 e. The first kappa shape index (κ1) is 18.4. The number of aromatic nitrogens is 2. The van der Waals surface area contributed by atoms with Gasteiger partial charge in [0.2, 0.25) is 0 Å². The van der Waals surface area contributed by atoms with E-state index in [-0.39, 0.29) is 0 Å². The van der Waals surface area contributed by atoms with E-state index in [0.717, 1.165) is 10.9 Å². The molecule has 130 valence electrons. The number of alkyl halides is 1. The molecule has 0 radical (unpaired) electrons. The molecule has 5 nitrogen and oxygen atoms in total. The first-order valence-electron chi connectivity index (χ1n) is 7.85. The Balaban J connectivity index is 2.60. The molecule has 0 atom stereocenters. The second kappa shape index (κ2) is 8.75. The number of fused-ring (bicyclic) bond motifs is 1. The number of rotatable bonds is 7. The standard InChI is InChI=1S/C19H22FN5/c1-4-8-15(12-14(3)13-20)18-22-17-10-7-6-9-16(17)19(23-18)24-25(21)11-5-2/h4-12H,1,13,21H2,2-3H3,(H,22,23,24)/b11-5-,14-12-,15-8+. The summed E-state index contributed by atoms with van der Waals surface area (Å²) in [5, 5.41) is 2.15. The maximum absolute atomic E-state index is 12.9. The Labute approximate surface area is 147 Å². The van der Waals surface area contributed by atoms with Gasteiger partial charge in [-0.2, -0.15) is 0 Å². The topological polar surface area (TPSA) is 67.1 Å². The molecule has 1 heterocycles. The molecule has 0 saturated carbocycles. The van der Waals surface area contributed by atoms with Crippen LogP contribution in [-0.4, -0.2) is 21.8 Å². The Kier molecular flexibility index (Phi) is 6.42. The summed E-state index contributed by atoms with van der Waals surface area (Å²) in [7, 11) is 0. The molecule has 1 aromatic carbocycles. The van der Waals surface area contributed by atoms with Gasteiger partial charge in [0.15, 0.2) is 11.6 Å². The van der Waals surface area contributed by atoms with Gasteiger partial charge in [-0.15, -0.1) is 0 Å². The highest BCUT2D eigenvalue weighted by Crippen LogP contribution is 2.24. The van der Waals surface area contributed by atoms with E-state index in [2.05, 4.69) is 22.0 Å². The van der Waals surface area contributed by atoms with Crippen molar-refractivity contribution in [3.8, 4) is 0 Å². The number of benzene rings is 1. The van der Waals surface area contributed by atoms with E-state index in [9.17, 15) is 4.39 Å². The predicted octanol–water partition coefficient (Wildman–Crippen LogP) is 4.15. The molecule has 2 aromatic rings. The average molecular weight is 339 g/mol. The summed E-state index contributed by atoms with van der Waals surface area (Å²) in [6.07, 6.45) is 8.55. The van der Waals surface area contributed by atoms with Gasteiger partial charge < -0.3 is 0 Å². The number of allylic oxidation sites excluding steroid dienone is 6. The van der Waals surface area contributed by atoms with E-state index in [1.54, 1.807) is 37.4 Å². The van der Waals surface area contributed by atoms with E-state index in [1.807, 2.05) is 31.2 Å². The average Bonchev–Trinajstić information content (AvgIpc) is 2.61. The monoisotopic (exact) mass is 339 g/mol. The number of hydrogen-bond acceptors (Lipinski definition) is 5. The molecule has 0 bridgehead atoms. The molecule has 1 aromatic heterocycles. The lowest BCUT2D eigenvalue weighted by molar-refractivity contribution is 0.472. The zero-order valence-electron chi connectivity index (χ0n) is 14.4. The van der Waals surface area contributed by atoms with Crippen molar-refractivity contribution in [2.45, 2.75) is 13.8 Å². The molecule has 6 heteroatoms. The van der Waals surface area contributed by atoms with Gasteiger partial charge in [0.05, 0.1) is 5.52 Å². The first-order valence-corrected chi connectivity index (χ1v) is 7.85. The van der Waals surface area contributed by atoms with Crippen LogP contribution in [0.1, 0.15) is 19.7 Å². The molecule has 25 heavy (non-hydrogen) atoms. The van der Waals surface area contributed by atoms with E-state index in [1.165, 1.54) is 5.12 Å². The van der Waals surface area contributed by atoms with Crippen molar-refractivity contribution in [2.24, 2.45) is 5.84 Å². The number of hydrogen-bond donors (Lipinski definition) is 2. The van der Waals surface area contributed by atoms with Crippen LogP contribution < -0.4 is 11.3 Å². The van der Waals surface area contributed by atoms with Crippen LogP contribution >= 0.6 is 0 Å². The van der Waals surface area contributed by atoms with Crippen molar-refractivity contribution in [3.05, 3.63) is 72.7 Å². The van der Waals surface area contributed by atoms with Gasteiger partial charge in [-0.1, -0.05) is 36.9 Å². The summed E-state index contributed by atoms with van der Waals surface area (Å²) in [6, 6.07) is 7.60. The van der Waals surface area contributed by atoms with Crippen LogP contribution in [0.15, 0.2) is 66.9 Å². The molecular weight excluding hydrogens is 317 g/mol. The van der Waals surface area contributed by atoms with Crippen LogP contribution in [0.4, 0.5) is 10.2 Å². The Bertz CT molecular complexity index is 839. The number of nitrogens with zero attached hydrogens (tertiary/aromatic N) is 3. The van der Waals surface area contributed by atoms with Crippen LogP contribution in [0.3, 0.4) is 0 Å². The highest BCUT2D eigenvalue weighted by molar-refractivity contribution is 5.90. The van der Waals surface area contributed by atoms with Crippen molar-refractivity contribution >= 4 is 22.3 Å². The van der Waals surface area contributed by atoms with Crippen LogP contribution in [0.5, 0.6) is 0 Å². The van der Waals surface area contributed by atoms with Gasteiger partial charge in [-0.3, -0.25) is 5.43 Å². The van der Waals surface area contributed by atoms with Crippen molar-refractivity contribution in [1.82, 2.24) is 15.1 Å². The van der Waals surface area contributed by atoms with Gasteiger partial charge in [0, 0.05) is 17.2 Å². The number of halogens is 1. The van der Waals surface area contributed by atoms with Crippen LogP contribution in [0.2, 0.25) is 0 Å². The molecule has 0 spiro atoms. The minimum Gasteiger partial charge on any atom is -0.267 e. The maximum atomic E-state index is 12.9. The van der Waals surface area contributed by atoms with Crippen molar-refractivity contribution < 1.29 is 4.39 Å². The van der Waals surface area contributed by atoms with Crippen molar-refractivity contribution in [3.63, 3.8) is 0 Å². The quantitative estimate of drug-likeness (QED) is 0.450. The fraction of sp³-hybridized carbons (Fsp3) is 0.158. The van der Waals surface area contributed by atoms with Crippen molar-refractivity contribution in [1.29, 1.82) is 0 Å². The van der Waals surface area contributed by atoms with Crippen LogP contribution in [0.25, 0.3) is 16.5 Å². The van der Waals surface area contributed by atoms with Crippen molar-refractivity contribution in [2.75, 3.05) is 12.1 Å². The molecule has 0 aliphatic heterocycles. The van der Waals surface area contributed by atoms with E-state index >= 15 is 0 Å². The third kappa shape index (κ3) is 4.74. The normalized spacial score (nSPS) is 12.6. The number of para-hydroxylation sites is 1. The van der Waals surface area contributed by atoms with Crippen LogP contribution in [0, 0.1) is 0 Å². The minimum absolute atomic E-state index is 0.461. The van der Waals surface area contributed by atoms with E-state index < -0.39 is 6.67 Å². The summed E-state index contributed by atoms with van der Waals surface area (Å²) >= 11 is 0. The highest BCUT2D eigenvalue weighted by Gasteiger charge is 2.11. The van der Waals surface area contributed by atoms with E-state index in [4.69, 9.17) is 5.84 Å². The lowest BCUT2D eigenvalue weighted by Gasteiger charge is -2.17. The molecule has 3 N–H and O–H groups in total. The second-order valence-electron chi connectivity index (χ2n) is 5.40. The molecule has 0 aliphatic carbocycles. The number of hydrazine groups is 2. The zero-order chi connectivity index (χ0) is 18.2. The lowest BCUT2D eigenvalue weighted by Crippen LogP contribution is -2.31. The number of nitrogens with two attached hydrogens (primary N) is 1. The summed E-state index contributed by atoms with van der Waals surface area (Å²) in [4.78, 5) is 9.15. The molecule has 0 aliphatic rings. The predicted molar refractivity (Wildman–Crippen MR) is 102 cm³/mol. The minimum atomic E-state index is -0.537. The fourth-order valence-electron chi connectivity index (χ4n) is 2.23. The highest BCUT2D eigenvalue weighted by atomic mass is 19.1. The van der Waals surface area contributed by atoms with Crippen LogP contribution in [-0.2, 0) is 0 Å². The SMILES string of the molecule is C=C/C=C(\C=C(\C)CF)c1nc(NN(N)/C=C\C)c2ccccc2n1. The van der Waals surface area contributed by atoms with E-state index in [0.29, 0.717) is 22.8 Å². The number of nitrogens with one attached hydrogen (secondary N) is 1. The maximum Gasteiger partial charge on any atom is 0.162 e. The van der Waals surface area contributed by atoms with Gasteiger partial charge in [-0.25, -0.2) is 25.3 Å².